The quantitative estimate of drug-likeness (QED) is 0.576. The van der Waals surface area contributed by atoms with E-state index in [1.54, 1.807) is 0 Å². The van der Waals surface area contributed by atoms with Crippen molar-refractivity contribution in [3.8, 4) is 0 Å². The Bertz CT molecular complexity index is 265. The van der Waals surface area contributed by atoms with Crippen molar-refractivity contribution in [2.45, 2.75) is 45.1 Å². The molecule has 2 fully saturated rings. The number of amidine groups is 1. The lowest BCUT2D eigenvalue weighted by Crippen LogP contribution is -2.48. The molecule has 0 amide bonds. The van der Waals surface area contributed by atoms with Crippen LogP contribution in [-0.2, 0) is 0 Å². The molecule has 0 aromatic carbocycles. The SMILES string of the molecule is CCC(C(=N)N)N1CCC(CN2CCCC2)CC1. The first-order valence-corrected chi connectivity index (χ1v) is 7.51. The Morgan fingerprint density at radius 3 is 2.33 bits per heavy atom. The van der Waals surface area contributed by atoms with Crippen molar-refractivity contribution in [1.29, 1.82) is 5.41 Å². The van der Waals surface area contributed by atoms with E-state index >= 15 is 0 Å². The molecule has 2 saturated heterocycles. The molecule has 0 bridgehead atoms. The molecule has 2 aliphatic rings. The van der Waals surface area contributed by atoms with Crippen LogP contribution in [0.25, 0.3) is 0 Å². The fourth-order valence-electron chi connectivity index (χ4n) is 3.45. The van der Waals surface area contributed by atoms with E-state index < -0.39 is 0 Å². The van der Waals surface area contributed by atoms with Crippen molar-refractivity contribution in [2.24, 2.45) is 11.7 Å². The summed E-state index contributed by atoms with van der Waals surface area (Å²) in [6.45, 7) is 8.29. The Kier molecular flexibility index (Phi) is 5.01. The van der Waals surface area contributed by atoms with E-state index in [-0.39, 0.29) is 6.04 Å². The van der Waals surface area contributed by atoms with Crippen LogP contribution >= 0.6 is 0 Å². The number of nitrogens with zero attached hydrogens (tertiary/aromatic N) is 2. The van der Waals surface area contributed by atoms with Gasteiger partial charge in [0.1, 0.15) is 5.84 Å². The summed E-state index contributed by atoms with van der Waals surface area (Å²) in [7, 11) is 0. The highest BCUT2D eigenvalue weighted by molar-refractivity contribution is 5.82. The van der Waals surface area contributed by atoms with Crippen LogP contribution in [0, 0.1) is 11.3 Å². The Balaban J connectivity index is 1.74. The average Bonchev–Trinajstić information content (AvgIpc) is 2.84. The summed E-state index contributed by atoms with van der Waals surface area (Å²) in [5.41, 5.74) is 5.68. The van der Waals surface area contributed by atoms with E-state index in [0.717, 1.165) is 25.4 Å². The lowest BCUT2D eigenvalue weighted by molar-refractivity contribution is 0.136. The predicted molar refractivity (Wildman–Crippen MR) is 76.0 cm³/mol. The van der Waals surface area contributed by atoms with Crippen LogP contribution in [-0.4, -0.2) is 54.4 Å². The van der Waals surface area contributed by atoms with E-state index in [9.17, 15) is 0 Å². The molecule has 2 rings (SSSR count). The first-order valence-electron chi connectivity index (χ1n) is 7.51. The third-order valence-corrected chi connectivity index (χ3v) is 4.55. The lowest BCUT2D eigenvalue weighted by atomic mass is 9.94. The molecule has 2 heterocycles. The average molecular weight is 252 g/mol. The normalized spacial score (nSPS) is 25.4. The fourth-order valence-corrected chi connectivity index (χ4v) is 3.45. The van der Waals surface area contributed by atoms with Crippen LogP contribution in [0.3, 0.4) is 0 Å². The predicted octanol–water partition coefficient (Wildman–Crippen LogP) is 1.51. The number of likely N-dealkylation sites (tertiary alicyclic amines) is 2. The summed E-state index contributed by atoms with van der Waals surface area (Å²) < 4.78 is 0. The van der Waals surface area contributed by atoms with Gasteiger partial charge in [-0.2, -0.15) is 0 Å². The minimum atomic E-state index is 0.178. The molecule has 0 spiro atoms. The zero-order valence-corrected chi connectivity index (χ0v) is 11.7. The Morgan fingerprint density at radius 1 is 1.22 bits per heavy atom. The number of nitrogens with two attached hydrogens (primary N) is 1. The van der Waals surface area contributed by atoms with Gasteiger partial charge in [0.05, 0.1) is 6.04 Å². The van der Waals surface area contributed by atoms with Gasteiger partial charge >= 0.3 is 0 Å². The molecule has 4 nitrogen and oxygen atoms in total. The second-order valence-electron chi connectivity index (χ2n) is 5.87. The van der Waals surface area contributed by atoms with E-state index in [4.69, 9.17) is 11.1 Å². The first-order chi connectivity index (χ1) is 8.70. The number of nitrogens with one attached hydrogen (secondary N) is 1. The van der Waals surface area contributed by atoms with Crippen LogP contribution in [0.1, 0.15) is 39.0 Å². The van der Waals surface area contributed by atoms with Gasteiger partial charge in [-0.05, 0) is 64.2 Å². The van der Waals surface area contributed by atoms with Gasteiger partial charge in [0.25, 0.3) is 0 Å². The molecule has 1 unspecified atom stereocenters. The molecule has 0 radical (unpaired) electrons. The van der Waals surface area contributed by atoms with Gasteiger partial charge in [0.15, 0.2) is 0 Å². The summed E-state index contributed by atoms with van der Waals surface area (Å²) >= 11 is 0. The second-order valence-corrected chi connectivity index (χ2v) is 5.87. The van der Waals surface area contributed by atoms with Crippen molar-refractivity contribution in [3.63, 3.8) is 0 Å². The van der Waals surface area contributed by atoms with E-state index in [2.05, 4.69) is 16.7 Å². The maximum atomic E-state index is 7.65. The van der Waals surface area contributed by atoms with Gasteiger partial charge in [-0.1, -0.05) is 6.92 Å². The zero-order valence-electron chi connectivity index (χ0n) is 11.7. The van der Waals surface area contributed by atoms with Crippen LogP contribution in [0.5, 0.6) is 0 Å². The molecule has 18 heavy (non-hydrogen) atoms. The summed E-state index contributed by atoms with van der Waals surface area (Å²) in [5, 5.41) is 7.65. The maximum Gasteiger partial charge on any atom is 0.108 e. The van der Waals surface area contributed by atoms with Crippen molar-refractivity contribution in [1.82, 2.24) is 9.80 Å². The van der Waals surface area contributed by atoms with Gasteiger partial charge in [-0.25, -0.2) is 0 Å². The topological polar surface area (TPSA) is 56.4 Å². The summed E-state index contributed by atoms with van der Waals surface area (Å²) in [5.74, 6) is 1.21. The van der Waals surface area contributed by atoms with Crippen molar-refractivity contribution in [3.05, 3.63) is 0 Å². The summed E-state index contributed by atoms with van der Waals surface area (Å²) in [4.78, 5) is 5.03. The van der Waals surface area contributed by atoms with Crippen molar-refractivity contribution in [2.75, 3.05) is 32.7 Å². The molecule has 0 aliphatic carbocycles. The smallest absolute Gasteiger partial charge is 0.108 e. The van der Waals surface area contributed by atoms with E-state index in [1.165, 1.54) is 45.3 Å². The monoisotopic (exact) mass is 252 g/mol. The highest BCUT2D eigenvalue weighted by Crippen LogP contribution is 2.22. The summed E-state index contributed by atoms with van der Waals surface area (Å²) in [6.07, 6.45) is 6.30. The van der Waals surface area contributed by atoms with Crippen LogP contribution in [0.2, 0.25) is 0 Å². The fraction of sp³-hybridized carbons (Fsp3) is 0.929. The Labute approximate surface area is 111 Å². The number of hydrogen-bond donors (Lipinski definition) is 2. The number of rotatable bonds is 5. The molecule has 3 N–H and O–H groups in total. The van der Waals surface area contributed by atoms with Gasteiger partial charge in [-0.15, -0.1) is 0 Å². The van der Waals surface area contributed by atoms with Gasteiger partial charge in [0.2, 0.25) is 0 Å². The molecule has 104 valence electrons. The Morgan fingerprint density at radius 2 is 1.83 bits per heavy atom. The number of piperidine rings is 1. The minimum Gasteiger partial charge on any atom is -0.386 e. The van der Waals surface area contributed by atoms with Crippen molar-refractivity contribution >= 4 is 5.84 Å². The van der Waals surface area contributed by atoms with E-state index in [1.807, 2.05) is 0 Å². The van der Waals surface area contributed by atoms with Gasteiger partial charge in [-0.3, -0.25) is 10.3 Å². The molecule has 1 atom stereocenters. The lowest BCUT2D eigenvalue weighted by Gasteiger charge is -2.37. The van der Waals surface area contributed by atoms with Crippen molar-refractivity contribution < 1.29 is 0 Å². The minimum absolute atomic E-state index is 0.178. The maximum absolute atomic E-state index is 7.65. The zero-order chi connectivity index (χ0) is 13.0. The molecule has 0 aromatic heterocycles. The van der Waals surface area contributed by atoms with Gasteiger partial charge < -0.3 is 10.6 Å². The molecule has 2 aliphatic heterocycles. The largest absolute Gasteiger partial charge is 0.386 e. The van der Waals surface area contributed by atoms with Gasteiger partial charge in [0, 0.05) is 6.54 Å². The molecule has 4 heteroatoms. The highest BCUT2D eigenvalue weighted by atomic mass is 15.2. The molecule has 0 aromatic rings. The molecular weight excluding hydrogens is 224 g/mol. The second kappa shape index (κ2) is 6.53. The van der Waals surface area contributed by atoms with E-state index in [0.29, 0.717) is 5.84 Å². The molecular formula is C14H28N4. The van der Waals surface area contributed by atoms with Crippen LogP contribution < -0.4 is 5.73 Å². The number of hydrogen-bond acceptors (Lipinski definition) is 3. The third-order valence-electron chi connectivity index (χ3n) is 4.55. The standard InChI is InChI=1S/C14H28N4/c1-2-13(14(15)16)18-9-5-12(6-10-18)11-17-7-3-4-8-17/h12-13H,2-11H2,1H3,(H3,15,16). The first kappa shape index (κ1) is 13.8. The highest BCUT2D eigenvalue weighted by Gasteiger charge is 2.27. The molecule has 0 saturated carbocycles. The third kappa shape index (κ3) is 3.45. The van der Waals surface area contributed by atoms with Crippen LogP contribution in [0.15, 0.2) is 0 Å². The summed E-state index contributed by atoms with van der Waals surface area (Å²) in [6, 6.07) is 0.178. The Hall–Kier alpha value is -0.610. The van der Waals surface area contributed by atoms with Crippen LogP contribution in [0.4, 0.5) is 0 Å².